The molecule has 1 atom stereocenters. The van der Waals surface area contributed by atoms with Crippen molar-refractivity contribution < 1.29 is 18.8 Å². The zero-order valence-electron chi connectivity index (χ0n) is 14.2. The summed E-state index contributed by atoms with van der Waals surface area (Å²) in [6, 6.07) is 8.84. The van der Waals surface area contributed by atoms with Gasteiger partial charge in [-0.2, -0.15) is 10.5 Å². The van der Waals surface area contributed by atoms with Crippen LogP contribution in [0.1, 0.15) is 19.4 Å². The molecule has 9 heteroatoms. The molecule has 1 heterocycles. The van der Waals surface area contributed by atoms with Crippen LogP contribution in [-0.4, -0.2) is 45.0 Å². The Morgan fingerprint density at radius 3 is 2.64 bits per heavy atom. The van der Waals surface area contributed by atoms with Crippen LogP contribution < -0.4 is 9.47 Å². The third-order valence-corrected chi connectivity index (χ3v) is 4.78. The van der Waals surface area contributed by atoms with Gasteiger partial charge < -0.3 is 14.0 Å². The topological polar surface area (TPSA) is 113 Å². The van der Waals surface area contributed by atoms with Crippen LogP contribution in [0.5, 0.6) is 11.5 Å². The van der Waals surface area contributed by atoms with E-state index in [4.69, 9.17) is 20.0 Å². The highest BCUT2D eigenvalue weighted by molar-refractivity contribution is 7.87. The van der Waals surface area contributed by atoms with E-state index in [9.17, 15) is 9.35 Å². The molecule has 0 fully saturated rings. The van der Waals surface area contributed by atoms with Crippen LogP contribution in [0.3, 0.4) is 0 Å². The third-order valence-electron chi connectivity index (χ3n) is 3.46. The molecule has 0 bridgehead atoms. The van der Waals surface area contributed by atoms with Crippen LogP contribution in [-0.2, 0) is 18.0 Å². The maximum Gasteiger partial charge on any atom is 0.458 e. The number of nitrogens with zero attached hydrogens (tertiary/aromatic N) is 4. The molecule has 0 aromatic heterocycles. The first-order valence-electron chi connectivity index (χ1n) is 7.46. The highest BCUT2D eigenvalue weighted by atomic mass is 32.2. The largest absolute Gasteiger partial charge is 0.573 e. The second-order valence-electron chi connectivity index (χ2n) is 5.99. The predicted octanol–water partition coefficient (Wildman–Crippen LogP) is 1.76. The lowest BCUT2D eigenvalue weighted by Crippen LogP contribution is -2.46. The van der Waals surface area contributed by atoms with Gasteiger partial charge in [-0.1, -0.05) is 16.4 Å². The Bertz CT molecular complexity index is 725. The summed E-state index contributed by atoms with van der Waals surface area (Å²) in [7, 11) is 1.27. The van der Waals surface area contributed by atoms with Crippen molar-refractivity contribution in [3.63, 3.8) is 0 Å². The Hall–Kier alpha value is -2.46. The van der Waals surface area contributed by atoms with Crippen molar-refractivity contribution in [3.05, 3.63) is 23.8 Å². The standard InChI is InChI=1S/C16H18N4O4S/c1-16(2)11-12-5-4-6-13(14(12)24-16)23-15(21)19(3)25(22)20(9-7-17)10-8-18/h4-6H,9-11H2,1-3H3. The molecule has 1 aromatic carbocycles. The van der Waals surface area contributed by atoms with Gasteiger partial charge in [0.2, 0.25) is 0 Å². The van der Waals surface area contributed by atoms with Gasteiger partial charge >= 0.3 is 6.09 Å². The normalized spacial score (nSPS) is 15.5. The number of carbonyl (C=O) groups excluding carboxylic acids is 1. The third kappa shape index (κ3) is 4.34. The fraction of sp³-hybridized carbons (Fsp3) is 0.438. The van der Waals surface area contributed by atoms with Crippen molar-refractivity contribution in [2.45, 2.75) is 25.9 Å². The molecule has 1 amide bonds. The van der Waals surface area contributed by atoms with Crippen molar-refractivity contribution in [2.24, 2.45) is 0 Å². The number of para-hydroxylation sites is 1. The van der Waals surface area contributed by atoms with Crippen molar-refractivity contribution in [2.75, 3.05) is 20.1 Å². The second-order valence-corrected chi connectivity index (χ2v) is 7.52. The number of ether oxygens (including phenoxy) is 2. The van der Waals surface area contributed by atoms with Crippen LogP contribution in [0.4, 0.5) is 4.79 Å². The van der Waals surface area contributed by atoms with Gasteiger partial charge in [0.1, 0.15) is 18.7 Å². The Morgan fingerprint density at radius 1 is 1.40 bits per heavy atom. The smallest absolute Gasteiger partial charge is 0.458 e. The van der Waals surface area contributed by atoms with Crippen LogP contribution >= 0.6 is 0 Å². The Kier molecular flexibility index (Phi) is 5.75. The molecule has 8 nitrogen and oxygen atoms in total. The summed E-state index contributed by atoms with van der Waals surface area (Å²) >= 11 is -2.01. The van der Waals surface area contributed by atoms with Gasteiger partial charge in [-0.25, -0.2) is 4.79 Å². The summed E-state index contributed by atoms with van der Waals surface area (Å²) in [5.74, 6) is 0.731. The first kappa shape index (κ1) is 18.9. The minimum Gasteiger partial charge on any atom is -0.573 e. The number of rotatable bonds is 5. The van der Waals surface area contributed by atoms with E-state index < -0.39 is 23.2 Å². The summed E-state index contributed by atoms with van der Waals surface area (Å²) in [5.41, 5.74) is 0.533. The van der Waals surface area contributed by atoms with Gasteiger partial charge in [-0.3, -0.25) is 0 Å². The number of benzene rings is 1. The van der Waals surface area contributed by atoms with Gasteiger partial charge in [0.25, 0.3) is 0 Å². The van der Waals surface area contributed by atoms with Gasteiger partial charge in [0.15, 0.2) is 23.0 Å². The minimum absolute atomic E-state index is 0.240. The molecule has 2 rings (SSSR count). The van der Waals surface area contributed by atoms with E-state index in [0.717, 1.165) is 14.2 Å². The van der Waals surface area contributed by atoms with E-state index >= 15 is 0 Å². The predicted molar refractivity (Wildman–Crippen MR) is 89.6 cm³/mol. The van der Waals surface area contributed by atoms with E-state index in [1.165, 1.54) is 7.05 Å². The van der Waals surface area contributed by atoms with Crippen LogP contribution in [0.25, 0.3) is 0 Å². The van der Waals surface area contributed by atoms with Crippen LogP contribution in [0, 0.1) is 22.7 Å². The lowest BCUT2D eigenvalue weighted by molar-refractivity contribution is 0.131. The molecular weight excluding hydrogens is 344 g/mol. The number of hydrogen-bond acceptors (Lipinski definition) is 7. The summed E-state index contributed by atoms with van der Waals surface area (Å²) < 4.78 is 25.3. The lowest BCUT2D eigenvalue weighted by atomic mass is 10.0. The molecule has 1 unspecified atom stereocenters. The van der Waals surface area contributed by atoms with Gasteiger partial charge in [0, 0.05) is 12.0 Å². The van der Waals surface area contributed by atoms with Crippen LogP contribution in [0.2, 0.25) is 0 Å². The van der Waals surface area contributed by atoms with E-state index in [0.29, 0.717) is 12.2 Å². The molecule has 0 radical (unpaired) electrons. The lowest BCUT2D eigenvalue weighted by Gasteiger charge is -2.24. The van der Waals surface area contributed by atoms with Gasteiger partial charge in [-0.05, 0) is 19.9 Å². The SMILES string of the molecule is CN(C(=O)Oc1cccc2c1OC(C)(C)C2)[S+]([O-])N(CC#N)CC#N. The monoisotopic (exact) mass is 362 g/mol. The fourth-order valence-electron chi connectivity index (χ4n) is 2.39. The van der Waals surface area contributed by atoms with Crippen molar-refractivity contribution in [3.8, 4) is 23.6 Å². The Balaban J connectivity index is 2.12. The average Bonchev–Trinajstić information content (AvgIpc) is 2.88. The average molecular weight is 362 g/mol. The Morgan fingerprint density at radius 2 is 2.04 bits per heavy atom. The number of nitriles is 2. The van der Waals surface area contributed by atoms with Crippen molar-refractivity contribution >= 4 is 17.6 Å². The Labute approximate surface area is 149 Å². The molecule has 0 spiro atoms. The molecule has 25 heavy (non-hydrogen) atoms. The number of carbonyl (C=O) groups is 1. The fourth-order valence-corrected chi connectivity index (χ4v) is 3.23. The first-order chi connectivity index (χ1) is 11.8. The first-order valence-corrected chi connectivity index (χ1v) is 8.52. The van der Waals surface area contributed by atoms with Crippen molar-refractivity contribution in [1.82, 2.24) is 8.61 Å². The molecule has 132 valence electrons. The van der Waals surface area contributed by atoms with Crippen molar-refractivity contribution in [1.29, 1.82) is 10.5 Å². The maximum atomic E-state index is 12.3. The minimum atomic E-state index is -2.01. The molecule has 0 saturated carbocycles. The number of amides is 1. The molecule has 0 aliphatic carbocycles. The van der Waals surface area contributed by atoms with E-state index in [-0.39, 0.29) is 18.8 Å². The molecule has 1 aliphatic heterocycles. The van der Waals surface area contributed by atoms with E-state index in [1.807, 2.05) is 19.9 Å². The zero-order valence-corrected chi connectivity index (χ0v) is 15.0. The summed E-state index contributed by atoms with van der Waals surface area (Å²) in [5, 5.41) is 17.5. The van der Waals surface area contributed by atoms with Crippen LogP contribution in [0.15, 0.2) is 18.2 Å². The number of hydrogen-bond donors (Lipinski definition) is 0. The summed E-state index contributed by atoms with van der Waals surface area (Å²) in [4.78, 5) is 12.3. The summed E-state index contributed by atoms with van der Waals surface area (Å²) in [6.07, 6.45) is -0.186. The highest BCUT2D eigenvalue weighted by Gasteiger charge is 2.35. The van der Waals surface area contributed by atoms with Gasteiger partial charge in [0.05, 0.1) is 19.2 Å². The quantitative estimate of drug-likeness (QED) is 0.579. The molecule has 1 aromatic rings. The van der Waals surface area contributed by atoms with E-state index in [1.54, 1.807) is 24.3 Å². The maximum absolute atomic E-state index is 12.3. The number of fused-ring (bicyclic) bond motifs is 1. The van der Waals surface area contributed by atoms with E-state index in [2.05, 4.69) is 0 Å². The zero-order chi connectivity index (χ0) is 18.6. The summed E-state index contributed by atoms with van der Waals surface area (Å²) in [6.45, 7) is 3.36. The molecule has 1 aliphatic rings. The molecule has 0 saturated heterocycles. The second kappa shape index (κ2) is 7.62. The highest BCUT2D eigenvalue weighted by Crippen LogP contribution is 2.41. The van der Waals surface area contributed by atoms with Gasteiger partial charge in [-0.15, -0.1) is 4.31 Å². The molecule has 0 N–H and O–H groups in total. The molecular formula is C16H18N4O4S.